The first-order valence-corrected chi connectivity index (χ1v) is 11.1. The van der Waals surface area contributed by atoms with Gasteiger partial charge in [0.05, 0.1) is 18.6 Å². The normalized spacial score (nSPS) is 28.1. The van der Waals surface area contributed by atoms with Gasteiger partial charge in [-0.25, -0.2) is 13.2 Å². The van der Waals surface area contributed by atoms with Crippen molar-refractivity contribution in [1.29, 1.82) is 0 Å². The van der Waals surface area contributed by atoms with Gasteiger partial charge in [-0.15, -0.1) is 6.58 Å². The zero-order valence-corrected chi connectivity index (χ0v) is 17.7. The summed E-state index contributed by atoms with van der Waals surface area (Å²) in [5.41, 5.74) is 1.75. The number of aliphatic hydroxyl groups is 1. The second-order valence-electron chi connectivity index (χ2n) is 9.23. The highest BCUT2D eigenvalue weighted by molar-refractivity contribution is 5.82. The molecule has 3 aliphatic heterocycles. The molecule has 6 rings (SSSR count). The minimum absolute atomic E-state index is 0.142. The van der Waals surface area contributed by atoms with Crippen LogP contribution in [0.25, 0.3) is 10.9 Å². The molecule has 2 bridgehead atoms. The van der Waals surface area contributed by atoms with E-state index < -0.39 is 23.6 Å². The monoisotopic (exact) mass is 439 g/mol. The summed E-state index contributed by atoms with van der Waals surface area (Å²) in [5, 5.41) is 12.5. The molecule has 3 saturated heterocycles. The number of piperidine rings is 3. The molecule has 3 nitrogen and oxygen atoms in total. The smallest absolute Gasteiger partial charge is 0.194 e. The molecule has 1 aromatic heterocycles. The lowest BCUT2D eigenvalue weighted by molar-refractivity contribution is -0.985. The summed E-state index contributed by atoms with van der Waals surface area (Å²) >= 11 is 0. The molecule has 3 fully saturated rings. The Morgan fingerprint density at radius 1 is 1.12 bits per heavy atom. The average molecular weight is 440 g/mol. The van der Waals surface area contributed by atoms with Crippen LogP contribution >= 0.6 is 0 Å². The third-order valence-electron chi connectivity index (χ3n) is 7.64. The van der Waals surface area contributed by atoms with Crippen LogP contribution in [0.5, 0.6) is 0 Å². The molecule has 6 heteroatoms. The molecule has 32 heavy (non-hydrogen) atoms. The number of nitrogens with zero attached hydrogens (tertiary/aromatic N) is 2. The average Bonchev–Trinajstić information content (AvgIpc) is 2.83. The first kappa shape index (κ1) is 21.2. The van der Waals surface area contributed by atoms with Gasteiger partial charge in [-0.05, 0) is 35.7 Å². The van der Waals surface area contributed by atoms with Gasteiger partial charge in [-0.3, -0.25) is 4.98 Å². The van der Waals surface area contributed by atoms with E-state index in [-0.39, 0.29) is 24.1 Å². The predicted octanol–water partition coefficient (Wildman–Crippen LogP) is 5.30. The molecule has 0 radical (unpaired) electrons. The third-order valence-corrected chi connectivity index (χ3v) is 7.64. The van der Waals surface area contributed by atoms with Crippen LogP contribution in [0, 0.1) is 29.3 Å². The number of fused-ring (bicyclic) bond motifs is 4. The van der Waals surface area contributed by atoms with E-state index in [1.54, 1.807) is 6.20 Å². The summed E-state index contributed by atoms with van der Waals surface area (Å²) in [6.45, 7) is 5.63. The summed E-state index contributed by atoms with van der Waals surface area (Å²) in [7, 11) is 0. The fourth-order valence-corrected chi connectivity index (χ4v) is 5.99. The Labute approximate surface area is 185 Å². The fourth-order valence-electron chi connectivity index (χ4n) is 5.99. The largest absolute Gasteiger partial charge is 0.382 e. The van der Waals surface area contributed by atoms with Gasteiger partial charge in [0.2, 0.25) is 0 Å². The Morgan fingerprint density at radius 2 is 1.94 bits per heavy atom. The highest BCUT2D eigenvalue weighted by Gasteiger charge is 2.54. The molecule has 4 heterocycles. The van der Waals surface area contributed by atoms with E-state index >= 15 is 0 Å². The van der Waals surface area contributed by atoms with Gasteiger partial charge in [0.25, 0.3) is 0 Å². The van der Waals surface area contributed by atoms with Crippen LogP contribution < -0.4 is 0 Å². The Bertz CT molecular complexity index is 1180. The fraction of sp³-hybridized carbons (Fsp3) is 0.346. The van der Waals surface area contributed by atoms with Crippen LogP contribution in [0.3, 0.4) is 0 Å². The minimum atomic E-state index is -1.44. The van der Waals surface area contributed by atoms with Crippen LogP contribution in [-0.2, 0) is 6.54 Å². The summed E-state index contributed by atoms with van der Waals surface area (Å²) in [6, 6.07) is 11.6. The van der Waals surface area contributed by atoms with Crippen LogP contribution in [0.2, 0.25) is 0 Å². The molecular weight excluding hydrogens is 413 g/mol. The zero-order valence-electron chi connectivity index (χ0n) is 17.7. The van der Waals surface area contributed by atoms with E-state index in [1.165, 1.54) is 6.07 Å². The van der Waals surface area contributed by atoms with Crippen molar-refractivity contribution in [2.75, 3.05) is 13.1 Å². The standard InChI is InChI=1S/C26H26F3N2O/c1-2-16-14-31(15-18-7-8-21(27)25(29)24(18)28)12-10-17(16)13-23(31)26(32)20-9-11-30-22-6-4-3-5-19(20)22/h2-9,11,16-17,23,26,32H,1,10,12-15H2/q+1/t16-,17-,23-,26+,31-/m0/s1. The van der Waals surface area contributed by atoms with Crippen molar-refractivity contribution in [3.05, 3.63) is 89.9 Å². The maximum atomic E-state index is 14.7. The zero-order chi connectivity index (χ0) is 22.5. The number of hydrogen-bond acceptors (Lipinski definition) is 2. The van der Waals surface area contributed by atoms with Crippen molar-refractivity contribution >= 4 is 10.9 Å². The summed E-state index contributed by atoms with van der Waals surface area (Å²) in [5.74, 6) is -3.12. The van der Waals surface area contributed by atoms with Gasteiger partial charge in [-0.1, -0.05) is 24.3 Å². The van der Waals surface area contributed by atoms with E-state index in [1.807, 2.05) is 36.4 Å². The predicted molar refractivity (Wildman–Crippen MR) is 117 cm³/mol. The molecular formula is C26H26F3N2O+. The van der Waals surface area contributed by atoms with Crippen LogP contribution in [0.15, 0.2) is 61.3 Å². The lowest BCUT2D eigenvalue weighted by Gasteiger charge is -2.58. The van der Waals surface area contributed by atoms with E-state index in [4.69, 9.17) is 0 Å². The lowest BCUT2D eigenvalue weighted by atomic mass is 9.71. The highest BCUT2D eigenvalue weighted by Crippen LogP contribution is 2.48. The number of aromatic nitrogens is 1. The summed E-state index contributed by atoms with van der Waals surface area (Å²) < 4.78 is 42.6. The van der Waals surface area contributed by atoms with Crippen LogP contribution in [-0.4, -0.2) is 33.7 Å². The van der Waals surface area contributed by atoms with Crippen molar-refractivity contribution in [3.63, 3.8) is 0 Å². The number of para-hydroxylation sites is 1. The van der Waals surface area contributed by atoms with Crippen LogP contribution in [0.1, 0.15) is 30.1 Å². The SMILES string of the molecule is C=C[C@H]1C[N@+]2(Cc3ccc(F)c(F)c3F)CC[C@H]1C[C@H]2[C@H](O)c1ccnc2ccccc12. The summed E-state index contributed by atoms with van der Waals surface area (Å²) in [4.78, 5) is 4.40. The van der Waals surface area contributed by atoms with Crippen molar-refractivity contribution in [1.82, 2.24) is 4.98 Å². The van der Waals surface area contributed by atoms with Gasteiger partial charge >= 0.3 is 0 Å². The Kier molecular flexibility index (Phi) is 5.30. The maximum Gasteiger partial charge on any atom is 0.194 e. The second kappa shape index (κ2) is 8.01. The Balaban J connectivity index is 1.57. The first-order valence-electron chi connectivity index (χ1n) is 11.1. The third kappa shape index (κ3) is 3.33. The van der Waals surface area contributed by atoms with Crippen molar-refractivity contribution < 1.29 is 22.8 Å². The molecule has 0 saturated carbocycles. The molecule has 3 aromatic rings. The number of hydrogen-bond donors (Lipinski definition) is 1. The van der Waals surface area contributed by atoms with Gasteiger partial charge in [-0.2, -0.15) is 0 Å². The summed E-state index contributed by atoms with van der Waals surface area (Å²) in [6.07, 6.45) is 4.55. The number of benzene rings is 2. The maximum absolute atomic E-state index is 14.7. The first-order chi connectivity index (χ1) is 15.4. The number of aliphatic hydroxyl groups excluding tert-OH is 1. The molecule has 0 amide bonds. The molecule has 5 atom stereocenters. The topological polar surface area (TPSA) is 33.1 Å². The molecule has 166 valence electrons. The van der Waals surface area contributed by atoms with Gasteiger partial charge in [0, 0.05) is 35.9 Å². The number of pyridine rings is 1. The van der Waals surface area contributed by atoms with Crippen molar-refractivity contribution in [2.24, 2.45) is 11.8 Å². The van der Waals surface area contributed by atoms with E-state index in [2.05, 4.69) is 11.6 Å². The van der Waals surface area contributed by atoms with Gasteiger partial charge < -0.3 is 9.59 Å². The van der Waals surface area contributed by atoms with E-state index in [9.17, 15) is 18.3 Å². The Morgan fingerprint density at radius 3 is 2.75 bits per heavy atom. The highest BCUT2D eigenvalue weighted by atomic mass is 19.2. The lowest BCUT2D eigenvalue weighted by Crippen LogP contribution is -2.67. The number of halogens is 3. The van der Waals surface area contributed by atoms with Gasteiger partial charge in [0.15, 0.2) is 17.5 Å². The molecule has 1 N–H and O–H groups in total. The molecule has 0 aliphatic carbocycles. The van der Waals surface area contributed by atoms with E-state index in [0.29, 0.717) is 16.9 Å². The quantitative estimate of drug-likeness (QED) is 0.333. The van der Waals surface area contributed by atoms with Crippen LogP contribution in [0.4, 0.5) is 13.2 Å². The molecule has 0 spiro atoms. The van der Waals surface area contributed by atoms with E-state index in [0.717, 1.165) is 41.9 Å². The number of quaternary nitrogens is 1. The Hall–Kier alpha value is -2.70. The molecule has 2 aromatic carbocycles. The molecule has 3 aliphatic rings. The van der Waals surface area contributed by atoms with Gasteiger partial charge in [0.1, 0.15) is 18.7 Å². The van der Waals surface area contributed by atoms with Crippen molar-refractivity contribution in [2.45, 2.75) is 31.5 Å². The number of rotatable bonds is 5. The minimum Gasteiger partial charge on any atom is -0.382 e. The molecule has 0 unspecified atom stereocenters. The van der Waals surface area contributed by atoms with Crippen molar-refractivity contribution in [3.8, 4) is 0 Å². The second-order valence-corrected chi connectivity index (χ2v) is 9.23.